The lowest BCUT2D eigenvalue weighted by atomic mass is 10.2. The summed E-state index contributed by atoms with van der Waals surface area (Å²) in [6.45, 7) is 2.15. The van der Waals surface area contributed by atoms with Gasteiger partial charge in [-0.3, -0.25) is 9.59 Å². The van der Waals surface area contributed by atoms with Crippen LogP contribution in [0.5, 0.6) is 0 Å². The van der Waals surface area contributed by atoms with Gasteiger partial charge >= 0.3 is 5.76 Å². The molecule has 0 radical (unpaired) electrons. The molecule has 22 heavy (non-hydrogen) atoms. The van der Waals surface area contributed by atoms with Gasteiger partial charge in [-0.2, -0.15) is 8.78 Å². The fourth-order valence-corrected chi connectivity index (χ4v) is 2.21. The number of amides is 2. The number of alkyl halides is 2. The Kier molecular flexibility index (Phi) is 6.41. The van der Waals surface area contributed by atoms with Gasteiger partial charge in [0.05, 0.1) is 11.4 Å². The van der Waals surface area contributed by atoms with E-state index >= 15 is 0 Å². The highest BCUT2D eigenvalue weighted by Gasteiger charge is 2.26. The molecule has 0 aliphatic carbocycles. The third kappa shape index (κ3) is 4.76. The molecule has 0 saturated carbocycles. The van der Waals surface area contributed by atoms with Crippen LogP contribution >= 0.6 is 0 Å². The molecule has 1 rings (SSSR count). The number of hydrogen-bond donors (Lipinski definition) is 2. The van der Waals surface area contributed by atoms with Gasteiger partial charge in [0.15, 0.2) is 0 Å². The molecule has 0 aromatic heterocycles. The molecular weight excluding hydrogens is 318 g/mol. The molecular formula is C13H16F2N2O4S. The van der Waals surface area contributed by atoms with Crippen LogP contribution < -0.4 is 10.6 Å². The van der Waals surface area contributed by atoms with Crippen LogP contribution in [0.25, 0.3) is 0 Å². The molecule has 1 aromatic rings. The van der Waals surface area contributed by atoms with E-state index < -0.39 is 26.4 Å². The predicted octanol–water partition coefficient (Wildman–Crippen LogP) is 0.939. The van der Waals surface area contributed by atoms with Crippen molar-refractivity contribution in [1.82, 2.24) is 10.6 Å². The number of carbonyl (C=O) groups excluding carboxylic acids is 2. The van der Waals surface area contributed by atoms with Crippen LogP contribution in [-0.2, 0) is 14.6 Å². The average Bonchev–Trinajstić information content (AvgIpc) is 2.50. The Morgan fingerprint density at radius 1 is 1.14 bits per heavy atom. The topological polar surface area (TPSA) is 92.3 Å². The van der Waals surface area contributed by atoms with Gasteiger partial charge in [-0.25, -0.2) is 8.42 Å². The SMILES string of the molecule is CCCNC(=O)CNC(=O)c1ccc(S(=O)(=O)C(F)F)cc1. The van der Waals surface area contributed by atoms with Gasteiger partial charge < -0.3 is 10.6 Å². The molecule has 122 valence electrons. The number of halogens is 2. The lowest BCUT2D eigenvalue weighted by Crippen LogP contribution is -2.37. The quantitative estimate of drug-likeness (QED) is 0.776. The van der Waals surface area contributed by atoms with E-state index in [4.69, 9.17) is 0 Å². The van der Waals surface area contributed by atoms with E-state index in [1.54, 1.807) is 0 Å². The summed E-state index contributed by atoms with van der Waals surface area (Å²) in [7, 11) is -4.68. The van der Waals surface area contributed by atoms with Crippen LogP contribution in [0.1, 0.15) is 23.7 Å². The van der Waals surface area contributed by atoms with Crippen LogP contribution in [-0.4, -0.2) is 39.1 Å². The summed E-state index contributed by atoms with van der Waals surface area (Å²) in [6.07, 6.45) is 0.764. The first-order valence-corrected chi connectivity index (χ1v) is 8.00. The maximum Gasteiger partial charge on any atom is 0.341 e. The largest absolute Gasteiger partial charge is 0.355 e. The average molecular weight is 334 g/mol. The van der Waals surface area contributed by atoms with Crippen LogP contribution in [0.4, 0.5) is 8.78 Å². The van der Waals surface area contributed by atoms with Crippen molar-refractivity contribution in [2.75, 3.05) is 13.1 Å². The normalized spacial score (nSPS) is 11.3. The highest BCUT2D eigenvalue weighted by atomic mass is 32.2. The Hall–Kier alpha value is -2.03. The van der Waals surface area contributed by atoms with Crippen molar-refractivity contribution < 1.29 is 26.8 Å². The zero-order valence-corrected chi connectivity index (χ0v) is 12.6. The van der Waals surface area contributed by atoms with Crippen LogP contribution in [0.2, 0.25) is 0 Å². The summed E-state index contributed by atoms with van der Waals surface area (Å²) in [5.74, 6) is -4.48. The van der Waals surface area contributed by atoms with Gasteiger partial charge in [0.1, 0.15) is 0 Å². The molecule has 1 aromatic carbocycles. The molecule has 0 fully saturated rings. The summed E-state index contributed by atoms with van der Waals surface area (Å²) < 4.78 is 47.2. The van der Waals surface area contributed by atoms with E-state index in [2.05, 4.69) is 10.6 Å². The summed E-state index contributed by atoms with van der Waals surface area (Å²) in [5, 5.41) is 4.90. The summed E-state index contributed by atoms with van der Waals surface area (Å²) in [5.41, 5.74) is 0.0662. The molecule has 0 spiro atoms. The van der Waals surface area contributed by atoms with E-state index in [1.165, 1.54) is 0 Å². The van der Waals surface area contributed by atoms with Crippen molar-refractivity contribution in [1.29, 1.82) is 0 Å². The highest BCUT2D eigenvalue weighted by Crippen LogP contribution is 2.18. The summed E-state index contributed by atoms with van der Waals surface area (Å²) >= 11 is 0. The molecule has 0 saturated heterocycles. The van der Waals surface area contributed by atoms with Gasteiger partial charge in [-0.1, -0.05) is 6.92 Å². The number of hydrogen-bond acceptors (Lipinski definition) is 4. The molecule has 9 heteroatoms. The van der Waals surface area contributed by atoms with E-state index in [0.29, 0.717) is 6.54 Å². The highest BCUT2D eigenvalue weighted by molar-refractivity contribution is 7.91. The van der Waals surface area contributed by atoms with Crippen LogP contribution in [0.15, 0.2) is 29.2 Å². The van der Waals surface area contributed by atoms with Crippen molar-refractivity contribution in [2.45, 2.75) is 24.0 Å². The molecule has 0 aliphatic heterocycles. The van der Waals surface area contributed by atoms with E-state index in [1.807, 2.05) is 6.92 Å². The van der Waals surface area contributed by atoms with Gasteiger partial charge in [0, 0.05) is 12.1 Å². The lowest BCUT2D eigenvalue weighted by Gasteiger charge is -2.07. The molecule has 0 atom stereocenters. The number of benzene rings is 1. The molecule has 0 unspecified atom stereocenters. The van der Waals surface area contributed by atoms with Crippen LogP contribution in [0, 0.1) is 0 Å². The minimum absolute atomic E-state index is 0.0662. The predicted molar refractivity (Wildman–Crippen MR) is 75.3 cm³/mol. The molecule has 6 nitrogen and oxygen atoms in total. The number of sulfone groups is 1. The first-order chi connectivity index (χ1) is 10.3. The molecule has 2 amide bonds. The molecule has 0 heterocycles. The lowest BCUT2D eigenvalue weighted by molar-refractivity contribution is -0.120. The minimum Gasteiger partial charge on any atom is -0.355 e. The zero-order chi connectivity index (χ0) is 16.8. The smallest absolute Gasteiger partial charge is 0.341 e. The Balaban J connectivity index is 2.67. The second-order valence-corrected chi connectivity index (χ2v) is 6.28. The minimum atomic E-state index is -4.68. The maximum atomic E-state index is 12.4. The Labute approximate surface area is 126 Å². The van der Waals surface area contributed by atoms with Gasteiger partial charge in [-0.05, 0) is 30.7 Å². The second-order valence-electron chi connectivity index (χ2n) is 4.36. The Morgan fingerprint density at radius 3 is 2.23 bits per heavy atom. The molecule has 0 bridgehead atoms. The van der Waals surface area contributed by atoms with Gasteiger partial charge in [-0.15, -0.1) is 0 Å². The van der Waals surface area contributed by atoms with Gasteiger partial charge in [0.2, 0.25) is 15.7 Å². The van der Waals surface area contributed by atoms with Crippen molar-refractivity contribution in [3.05, 3.63) is 29.8 Å². The monoisotopic (exact) mass is 334 g/mol. The third-order valence-corrected chi connectivity index (χ3v) is 4.06. The van der Waals surface area contributed by atoms with E-state index in [0.717, 1.165) is 30.7 Å². The van der Waals surface area contributed by atoms with Crippen molar-refractivity contribution >= 4 is 21.7 Å². The first-order valence-electron chi connectivity index (χ1n) is 6.46. The van der Waals surface area contributed by atoms with Crippen molar-refractivity contribution in [2.24, 2.45) is 0 Å². The Morgan fingerprint density at radius 2 is 1.73 bits per heavy atom. The fraction of sp³-hybridized carbons (Fsp3) is 0.385. The second kappa shape index (κ2) is 7.83. The number of nitrogens with one attached hydrogen (secondary N) is 2. The number of rotatable bonds is 7. The van der Waals surface area contributed by atoms with Crippen molar-refractivity contribution in [3.63, 3.8) is 0 Å². The maximum absolute atomic E-state index is 12.4. The number of carbonyl (C=O) groups is 2. The standard InChI is InChI=1S/C13H16F2N2O4S/c1-2-7-16-11(18)8-17-12(19)9-3-5-10(6-4-9)22(20,21)13(14)15/h3-6,13H,2,7-8H2,1H3,(H,16,18)(H,17,19). The third-order valence-electron chi connectivity index (χ3n) is 2.66. The fourth-order valence-electron chi connectivity index (χ4n) is 1.49. The Bertz CT molecular complexity index is 630. The van der Waals surface area contributed by atoms with Crippen LogP contribution in [0.3, 0.4) is 0 Å². The van der Waals surface area contributed by atoms with Gasteiger partial charge in [0.25, 0.3) is 5.91 Å². The van der Waals surface area contributed by atoms with E-state index in [9.17, 15) is 26.8 Å². The zero-order valence-electron chi connectivity index (χ0n) is 11.8. The summed E-state index contributed by atoms with van der Waals surface area (Å²) in [4.78, 5) is 22.5. The van der Waals surface area contributed by atoms with E-state index in [-0.39, 0.29) is 18.0 Å². The molecule has 0 aliphatic rings. The summed E-state index contributed by atoms with van der Waals surface area (Å²) in [6, 6.07) is 4.06. The molecule has 2 N–H and O–H groups in total. The van der Waals surface area contributed by atoms with Crippen molar-refractivity contribution in [3.8, 4) is 0 Å². The first kappa shape index (κ1) is 18.0.